The molecule has 2 fully saturated rings. The van der Waals surface area contributed by atoms with Crippen LogP contribution in [-0.2, 0) is 0 Å². The second-order valence-corrected chi connectivity index (χ2v) is 5.27. The molecule has 0 amide bonds. The van der Waals surface area contributed by atoms with Crippen LogP contribution in [0.15, 0.2) is 0 Å². The van der Waals surface area contributed by atoms with Gasteiger partial charge in [-0.3, -0.25) is 4.90 Å². The minimum absolute atomic E-state index is 0.0150. The Hall–Kier alpha value is 0.510. The van der Waals surface area contributed by atoms with Crippen LogP contribution in [0.4, 0.5) is 8.78 Å². The highest BCUT2D eigenvalue weighted by molar-refractivity contribution is 14.1. The fourth-order valence-electron chi connectivity index (χ4n) is 2.01. The summed E-state index contributed by atoms with van der Waals surface area (Å²) in [4.78, 5) is 1.92. The van der Waals surface area contributed by atoms with Gasteiger partial charge in [0.2, 0.25) is 0 Å². The first kappa shape index (κ1) is 10.0. The first-order valence-corrected chi connectivity index (χ1v) is 5.56. The molecule has 0 unspecified atom stereocenters. The van der Waals surface area contributed by atoms with Gasteiger partial charge in [0.25, 0.3) is 5.92 Å². The molecule has 2 aliphatic heterocycles. The molecule has 0 aromatic carbocycles. The van der Waals surface area contributed by atoms with Crippen molar-refractivity contribution in [2.45, 2.75) is 24.8 Å². The molecule has 0 radical (unpaired) electrons. The summed E-state index contributed by atoms with van der Waals surface area (Å²) in [5.74, 6) is -2.40. The molecule has 0 spiro atoms. The standard InChI is InChI=1S/C8H13F2IN2/c9-8(10)5-12(6-8)7-1-3-13(11)4-2-7/h7H,1-6H2. The van der Waals surface area contributed by atoms with Crippen molar-refractivity contribution in [1.82, 2.24) is 8.01 Å². The van der Waals surface area contributed by atoms with E-state index in [1.165, 1.54) is 0 Å². The van der Waals surface area contributed by atoms with Crippen molar-refractivity contribution < 1.29 is 8.78 Å². The highest BCUT2D eigenvalue weighted by Crippen LogP contribution is 2.31. The lowest BCUT2D eigenvalue weighted by Crippen LogP contribution is -2.61. The summed E-state index contributed by atoms with van der Waals surface area (Å²) >= 11 is 2.29. The third-order valence-electron chi connectivity index (χ3n) is 2.80. The largest absolute Gasteiger partial charge is 0.288 e. The van der Waals surface area contributed by atoms with Crippen LogP contribution in [0.25, 0.3) is 0 Å². The number of halogens is 3. The Bertz CT molecular complexity index is 185. The zero-order chi connectivity index (χ0) is 9.47. The van der Waals surface area contributed by atoms with E-state index in [9.17, 15) is 8.78 Å². The van der Waals surface area contributed by atoms with Gasteiger partial charge in [-0.1, -0.05) is 0 Å². The van der Waals surface area contributed by atoms with Crippen LogP contribution in [-0.4, -0.2) is 46.2 Å². The molecule has 2 aliphatic rings. The van der Waals surface area contributed by atoms with E-state index in [0.29, 0.717) is 6.04 Å². The molecule has 0 aliphatic carbocycles. The molecule has 2 saturated heterocycles. The minimum Gasteiger partial charge on any atom is -0.288 e. The maximum atomic E-state index is 12.6. The molecule has 2 rings (SSSR count). The monoisotopic (exact) mass is 302 g/mol. The van der Waals surface area contributed by atoms with Gasteiger partial charge in [-0.15, -0.1) is 0 Å². The summed E-state index contributed by atoms with van der Waals surface area (Å²) < 4.78 is 27.4. The van der Waals surface area contributed by atoms with Crippen LogP contribution in [0.3, 0.4) is 0 Å². The SMILES string of the molecule is FC1(F)CN(C2CCN(I)CC2)C1. The molecule has 0 N–H and O–H groups in total. The molecular weight excluding hydrogens is 289 g/mol. The van der Waals surface area contributed by atoms with E-state index in [1.807, 2.05) is 4.90 Å². The number of nitrogens with zero attached hydrogens (tertiary/aromatic N) is 2. The van der Waals surface area contributed by atoms with Gasteiger partial charge in [0.1, 0.15) is 0 Å². The molecular formula is C8H13F2IN2. The number of hydrogen-bond acceptors (Lipinski definition) is 2. The molecule has 0 saturated carbocycles. The van der Waals surface area contributed by atoms with Crippen molar-refractivity contribution in [2.24, 2.45) is 0 Å². The van der Waals surface area contributed by atoms with E-state index in [0.717, 1.165) is 25.9 Å². The lowest BCUT2D eigenvalue weighted by Gasteiger charge is -2.46. The Morgan fingerprint density at radius 3 is 2.15 bits per heavy atom. The molecule has 0 bridgehead atoms. The average Bonchev–Trinajstić information content (AvgIpc) is 2.01. The zero-order valence-corrected chi connectivity index (χ0v) is 9.51. The van der Waals surface area contributed by atoms with Gasteiger partial charge < -0.3 is 0 Å². The van der Waals surface area contributed by atoms with Crippen LogP contribution in [0.2, 0.25) is 0 Å². The summed E-state index contributed by atoms with van der Waals surface area (Å²) in [7, 11) is 0. The number of piperidine rings is 1. The summed E-state index contributed by atoms with van der Waals surface area (Å²) in [6, 6.07) is 0.408. The molecule has 2 heterocycles. The number of alkyl halides is 2. The molecule has 2 nitrogen and oxygen atoms in total. The predicted octanol–water partition coefficient (Wildman–Crippen LogP) is 1.75. The third kappa shape index (κ3) is 2.30. The van der Waals surface area contributed by atoms with Crippen LogP contribution in [0.5, 0.6) is 0 Å². The minimum atomic E-state index is -2.40. The lowest BCUT2D eigenvalue weighted by molar-refractivity contribution is -0.149. The maximum absolute atomic E-state index is 12.6. The second kappa shape index (κ2) is 3.58. The predicted molar refractivity (Wildman–Crippen MR) is 55.1 cm³/mol. The fourth-order valence-corrected chi connectivity index (χ4v) is 2.56. The third-order valence-corrected chi connectivity index (χ3v) is 3.76. The first-order valence-electron chi connectivity index (χ1n) is 4.59. The topological polar surface area (TPSA) is 6.48 Å². The normalized spacial score (nSPS) is 31.6. The molecule has 13 heavy (non-hydrogen) atoms. The van der Waals surface area contributed by atoms with Crippen LogP contribution in [0, 0.1) is 0 Å². The second-order valence-electron chi connectivity index (χ2n) is 3.90. The Morgan fingerprint density at radius 2 is 1.69 bits per heavy atom. The van der Waals surface area contributed by atoms with Gasteiger partial charge >= 0.3 is 0 Å². The van der Waals surface area contributed by atoms with Gasteiger partial charge in [0, 0.05) is 42.0 Å². The van der Waals surface area contributed by atoms with E-state index in [1.54, 1.807) is 0 Å². The highest BCUT2D eigenvalue weighted by Gasteiger charge is 2.46. The van der Waals surface area contributed by atoms with E-state index in [4.69, 9.17) is 0 Å². The van der Waals surface area contributed by atoms with E-state index >= 15 is 0 Å². The van der Waals surface area contributed by atoms with E-state index in [-0.39, 0.29) is 13.1 Å². The van der Waals surface area contributed by atoms with Gasteiger partial charge in [0.05, 0.1) is 13.1 Å². The van der Waals surface area contributed by atoms with Crippen molar-refractivity contribution in [1.29, 1.82) is 0 Å². The number of rotatable bonds is 1. The van der Waals surface area contributed by atoms with Crippen LogP contribution >= 0.6 is 22.9 Å². The summed E-state index contributed by atoms with van der Waals surface area (Å²) in [5.41, 5.74) is 0. The summed E-state index contributed by atoms with van der Waals surface area (Å²) in [5, 5.41) is 0. The quantitative estimate of drug-likeness (QED) is 0.538. The Morgan fingerprint density at radius 1 is 1.15 bits per heavy atom. The fraction of sp³-hybridized carbons (Fsp3) is 1.00. The van der Waals surface area contributed by atoms with Crippen molar-refractivity contribution in [3.8, 4) is 0 Å². The van der Waals surface area contributed by atoms with Gasteiger partial charge in [-0.25, -0.2) is 11.9 Å². The van der Waals surface area contributed by atoms with Crippen LogP contribution < -0.4 is 0 Å². The van der Waals surface area contributed by atoms with Crippen molar-refractivity contribution >= 4 is 22.9 Å². The molecule has 0 atom stereocenters. The van der Waals surface area contributed by atoms with Crippen molar-refractivity contribution in [2.75, 3.05) is 26.2 Å². The Balaban J connectivity index is 1.78. The maximum Gasteiger partial charge on any atom is 0.272 e. The highest BCUT2D eigenvalue weighted by atomic mass is 127. The Labute approximate surface area is 90.8 Å². The van der Waals surface area contributed by atoms with Crippen LogP contribution in [0.1, 0.15) is 12.8 Å². The molecule has 0 aromatic heterocycles. The molecule has 0 aromatic rings. The number of hydrogen-bond donors (Lipinski definition) is 0. The lowest BCUT2D eigenvalue weighted by atomic mass is 9.99. The van der Waals surface area contributed by atoms with Gasteiger partial charge in [-0.05, 0) is 12.8 Å². The van der Waals surface area contributed by atoms with Gasteiger partial charge in [-0.2, -0.15) is 0 Å². The van der Waals surface area contributed by atoms with E-state index in [2.05, 4.69) is 26.0 Å². The zero-order valence-electron chi connectivity index (χ0n) is 7.35. The smallest absolute Gasteiger partial charge is 0.272 e. The Kier molecular flexibility index (Phi) is 2.77. The number of likely N-dealkylation sites (tertiary alicyclic amines) is 1. The molecule has 76 valence electrons. The van der Waals surface area contributed by atoms with Crippen molar-refractivity contribution in [3.05, 3.63) is 0 Å². The average molecular weight is 302 g/mol. The molecule has 5 heteroatoms. The summed E-state index contributed by atoms with van der Waals surface area (Å²) in [6.45, 7) is 2.04. The first-order chi connectivity index (χ1) is 6.07. The van der Waals surface area contributed by atoms with Gasteiger partial charge in [0.15, 0.2) is 0 Å². The summed E-state index contributed by atoms with van der Waals surface area (Å²) in [6.07, 6.45) is 2.08. The van der Waals surface area contributed by atoms with Crippen molar-refractivity contribution in [3.63, 3.8) is 0 Å². The van der Waals surface area contributed by atoms with E-state index < -0.39 is 5.92 Å².